The Labute approximate surface area is 151 Å². The van der Waals surface area contributed by atoms with Crippen LogP contribution in [0.5, 0.6) is 0 Å². The van der Waals surface area contributed by atoms with E-state index in [-0.39, 0.29) is 31.9 Å². The lowest BCUT2D eigenvalue weighted by Crippen LogP contribution is -2.14. The minimum atomic E-state index is -0.947. The zero-order chi connectivity index (χ0) is 17.9. The zero-order valence-electron chi connectivity index (χ0n) is 11.8. The Bertz CT molecular complexity index is 838. The maximum atomic E-state index is 12.0. The normalized spacial score (nSPS) is 10.3. The Morgan fingerprint density at radius 3 is 2.29 bits per heavy atom. The molecule has 24 heavy (non-hydrogen) atoms. The molecule has 124 valence electrons. The monoisotopic (exact) mass is 387 g/mol. The third-order valence-electron chi connectivity index (χ3n) is 2.96. The van der Waals surface area contributed by atoms with E-state index in [1.807, 2.05) is 0 Å². The lowest BCUT2D eigenvalue weighted by atomic mass is 10.1. The molecule has 6 nitrogen and oxygen atoms in total. The second-order valence-electron chi connectivity index (χ2n) is 4.55. The van der Waals surface area contributed by atoms with E-state index in [1.54, 1.807) is 0 Å². The molecule has 0 fully saturated rings. The molecule has 0 bridgehead atoms. The number of carbonyl (C=O) groups is 2. The Balaban J connectivity index is 2.10. The quantitative estimate of drug-likeness (QED) is 0.323. The van der Waals surface area contributed by atoms with Crippen molar-refractivity contribution in [3.63, 3.8) is 0 Å². The highest BCUT2D eigenvalue weighted by Crippen LogP contribution is 2.24. The van der Waals surface area contributed by atoms with Gasteiger partial charge in [0, 0.05) is 17.7 Å². The van der Waals surface area contributed by atoms with Crippen molar-refractivity contribution in [2.75, 3.05) is 6.61 Å². The molecule has 0 aliphatic rings. The largest absolute Gasteiger partial charge is 0.454 e. The van der Waals surface area contributed by atoms with E-state index in [4.69, 9.17) is 39.5 Å². The van der Waals surface area contributed by atoms with E-state index in [9.17, 15) is 19.7 Å². The van der Waals surface area contributed by atoms with Gasteiger partial charge in [-0.25, -0.2) is 4.79 Å². The number of Topliss-reactive ketones (excluding diaryl/α,β-unsaturated/α-hetero) is 1. The summed E-state index contributed by atoms with van der Waals surface area (Å²) in [6, 6.07) is 7.56. The average Bonchev–Trinajstić information content (AvgIpc) is 2.55. The summed E-state index contributed by atoms with van der Waals surface area (Å²) in [5.41, 5.74) is -0.308. The highest BCUT2D eigenvalue weighted by Gasteiger charge is 2.18. The van der Waals surface area contributed by atoms with Crippen LogP contribution in [-0.2, 0) is 4.74 Å². The molecule has 2 rings (SSSR count). The fraction of sp³-hybridized carbons (Fsp3) is 0.0667. The zero-order valence-corrected chi connectivity index (χ0v) is 14.1. The molecule has 0 heterocycles. The van der Waals surface area contributed by atoms with Crippen molar-refractivity contribution in [3.8, 4) is 0 Å². The van der Waals surface area contributed by atoms with Crippen LogP contribution in [0.3, 0.4) is 0 Å². The first kappa shape index (κ1) is 18.2. The number of nitro groups is 1. The van der Waals surface area contributed by atoms with Crippen molar-refractivity contribution in [1.29, 1.82) is 0 Å². The predicted molar refractivity (Wildman–Crippen MR) is 89.2 cm³/mol. The maximum Gasteiger partial charge on any atom is 0.340 e. The standard InChI is InChI=1S/C15H8Cl3NO5/c16-11-4-2-9(19(22)23)6-10(11)15(21)24-7-14(20)8-1-3-12(17)13(18)5-8/h1-6H,7H2. The van der Waals surface area contributed by atoms with Gasteiger partial charge in [-0.05, 0) is 24.3 Å². The summed E-state index contributed by atoms with van der Waals surface area (Å²) >= 11 is 17.4. The van der Waals surface area contributed by atoms with Gasteiger partial charge in [0.05, 0.1) is 25.6 Å². The third kappa shape index (κ3) is 4.23. The van der Waals surface area contributed by atoms with Crippen LogP contribution in [0.1, 0.15) is 20.7 Å². The highest BCUT2D eigenvalue weighted by atomic mass is 35.5. The van der Waals surface area contributed by atoms with E-state index in [2.05, 4.69) is 0 Å². The first-order valence-electron chi connectivity index (χ1n) is 6.39. The van der Waals surface area contributed by atoms with E-state index in [0.29, 0.717) is 0 Å². The second-order valence-corrected chi connectivity index (χ2v) is 5.77. The number of rotatable bonds is 5. The number of esters is 1. The number of nitrogens with zero attached hydrogens (tertiary/aromatic N) is 1. The fourth-order valence-corrected chi connectivity index (χ4v) is 2.24. The lowest BCUT2D eigenvalue weighted by Gasteiger charge is -2.06. The Morgan fingerprint density at radius 2 is 1.67 bits per heavy atom. The van der Waals surface area contributed by atoms with Gasteiger partial charge in [0.1, 0.15) is 0 Å². The second kappa shape index (κ2) is 7.61. The SMILES string of the molecule is O=C(COC(=O)c1cc([N+](=O)[O-])ccc1Cl)c1ccc(Cl)c(Cl)c1. The van der Waals surface area contributed by atoms with Gasteiger partial charge in [0.15, 0.2) is 12.4 Å². The molecule has 0 unspecified atom stereocenters. The molecule has 0 amide bonds. The maximum absolute atomic E-state index is 12.0. The first-order valence-corrected chi connectivity index (χ1v) is 7.52. The van der Waals surface area contributed by atoms with Gasteiger partial charge < -0.3 is 4.74 Å². The molecule has 0 spiro atoms. The van der Waals surface area contributed by atoms with E-state index >= 15 is 0 Å². The molecule has 0 aliphatic carbocycles. The van der Waals surface area contributed by atoms with Crippen LogP contribution in [0, 0.1) is 10.1 Å². The van der Waals surface area contributed by atoms with Crippen molar-refractivity contribution in [3.05, 3.63) is 72.7 Å². The van der Waals surface area contributed by atoms with E-state index in [1.165, 1.54) is 24.3 Å². The van der Waals surface area contributed by atoms with Crippen molar-refractivity contribution in [2.45, 2.75) is 0 Å². The topological polar surface area (TPSA) is 86.5 Å². The minimum Gasteiger partial charge on any atom is -0.454 e. The molecule has 0 saturated heterocycles. The molecule has 2 aromatic carbocycles. The summed E-state index contributed by atoms with van der Waals surface area (Å²) in [5.74, 6) is -1.46. The average molecular weight is 389 g/mol. The highest BCUT2D eigenvalue weighted by molar-refractivity contribution is 6.42. The smallest absolute Gasteiger partial charge is 0.340 e. The number of nitro benzene ring substituents is 1. The van der Waals surface area contributed by atoms with E-state index in [0.717, 1.165) is 12.1 Å². The minimum absolute atomic E-state index is 0.0208. The van der Waals surface area contributed by atoms with Gasteiger partial charge in [-0.15, -0.1) is 0 Å². The predicted octanol–water partition coefficient (Wildman–Crippen LogP) is 4.59. The summed E-state index contributed by atoms with van der Waals surface area (Å²) in [7, 11) is 0. The number of halogens is 3. The number of hydrogen-bond donors (Lipinski definition) is 0. The van der Waals surface area contributed by atoms with Crippen molar-refractivity contribution in [2.24, 2.45) is 0 Å². The molecule has 9 heteroatoms. The van der Waals surface area contributed by atoms with Crippen LogP contribution in [0.25, 0.3) is 0 Å². The van der Waals surface area contributed by atoms with Crippen molar-refractivity contribution in [1.82, 2.24) is 0 Å². The number of ketones is 1. The lowest BCUT2D eigenvalue weighted by molar-refractivity contribution is -0.384. The van der Waals surface area contributed by atoms with Crippen LogP contribution in [0.15, 0.2) is 36.4 Å². The number of non-ortho nitro benzene ring substituents is 1. The summed E-state index contributed by atoms with van der Waals surface area (Å²) in [5, 5.41) is 11.2. The summed E-state index contributed by atoms with van der Waals surface area (Å²) < 4.78 is 4.86. The summed E-state index contributed by atoms with van der Waals surface area (Å²) in [6.07, 6.45) is 0. The molecular weight excluding hydrogens is 381 g/mol. The molecule has 0 N–H and O–H groups in total. The number of ether oxygens (including phenoxy) is 1. The Hall–Kier alpha value is -2.15. The van der Waals surface area contributed by atoms with E-state index < -0.39 is 23.3 Å². The van der Waals surface area contributed by atoms with Crippen LogP contribution in [-0.4, -0.2) is 23.3 Å². The van der Waals surface area contributed by atoms with Crippen LogP contribution in [0.4, 0.5) is 5.69 Å². The number of hydrogen-bond acceptors (Lipinski definition) is 5. The fourth-order valence-electron chi connectivity index (χ4n) is 1.75. The van der Waals surface area contributed by atoms with Crippen LogP contribution >= 0.6 is 34.8 Å². The van der Waals surface area contributed by atoms with Gasteiger partial charge >= 0.3 is 5.97 Å². The molecule has 0 saturated carbocycles. The van der Waals surface area contributed by atoms with Gasteiger partial charge in [-0.1, -0.05) is 34.8 Å². The molecule has 0 aromatic heterocycles. The molecule has 2 aromatic rings. The van der Waals surface area contributed by atoms with Gasteiger partial charge in [-0.2, -0.15) is 0 Å². The first-order chi connectivity index (χ1) is 11.3. The number of carbonyl (C=O) groups excluding carboxylic acids is 2. The van der Waals surface area contributed by atoms with Gasteiger partial charge in [0.25, 0.3) is 5.69 Å². The molecule has 0 atom stereocenters. The van der Waals surface area contributed by atoms with Gasteiger partial charge in [-0.3, -0.25) is 14.9 Å². The van der Waals surface area contributed by atoms with Crippen LogP contribution < -0.4 is 0 Å². The van der Waals surface area contributed by atoms with Crippen molar-refractivity contribution >= 4 is 52.2 Å². The summed E-state index contributed by atoms with van der Waals surface area (Å²) in [6.45, 7) is -0.574. The molecular formula is C15H8Cl3NO5. The Morgan fingerprint density at radius 1 is 1.00 bits per heavy atom. The number of benzene rings is 2. The van der Waals surface area contributed by atoms with Crippen molar-refractivity contribution < 1.29 is 19.2 Å². The Kier molecular flexibility index (Phi) is 5.77. The third-order valence-corrected chi connectivity index (χ3v) is 4.03. The summed E-state index contributed by atoms with van der Waals surface area (Å²) in [4.78, 5) is 34.0. The van der Waals surface area contributed by atoms with Gasteiger partial charge in [0.2, 0.25) is 0 Å². The molecule has 0 radical (unpaired) electrons. The molecule has 0 aliphatic heterocycles. The van der Waals surface area contributed by atoms with Crippen LogP contribution in [0.2, 0.25) is 15.1 Å².